The highest BCUT2D eigenvalue weighted by molar-refractivity contribution is 8.00. The van der Waals surface area contributed by atoms with E-state index in [2.05, 4.69) is 118 Å². The molecule has 0 fully saturated rings. The maximum absolute atomic E-state index is 6.27. The van der Waals surface area contributed by atoms with Crippen molar-refractivity contribution in [2.75, 3.05) is 10.6 Å². The Hall–Kier alpha value is -4.87. The van der Waals surface area contributed by atoms with Gasteiger partial charge < -0.3 is 15.1 Å². The summed E-state index contributed by atoms with van der Waals surface area (Å²) in [6, 6.07) is 24.9. The number of hydrogen-bond acceptors (Lipinski definition) is 4. The van der Waals surface area contributed by atoms with Crippen LogP contribution < -0.4 is 10.6 Å². The van der Waals surface area contributed by atoms with E-state index in [1.165, 1.54) is 54.5 Å². The second-order valence-electron chi connectivity index (χ2n) is 12.1. The fourth-order valence-corrected chi connectivity index (χ4v) is 9.38. The summed E-state index contributed by atoms with van der Waals surface area (Å²) in [5.41, 5.74) is 9.50. The molecule has 2 N–H and O–H groups in total. The van der Waals surface area contributed by atoms with Crippen LogP contribution in [0.15, 0.2) is 125 Å². The van der Waals surface area contributed by atoms with E-state index in [1.54, 1.807) is 0 Å². The van der Waals surface area contributed by atoms with Crippen molar-refractivity contribution in [3.8, 4) is 11.1 Å². The van der Waals surface area contributed by atoms with Crippen molar-refractivity contribution in [2.45, 2.75) is 28.1 Å². The van der Waals surface area contributed by atoms with Gasteiger partial charge in [-0.2, -0.15) is 0 Å². The summed E-state index contributed by atoms with van der Waals surface area (Å²) in [6.07, 6.45) is 18.0. The van der Waals surface area contributed by atoms with E-state index < -0.39 is 0 Å². The molecule has 4 nitrogen and oxygen atoms in total. The largest absolute Gasteiger partial charge is 0.456 e. The summed E-state index contributed by atoms with van der Waals surface area (Å²) >= 11 is 2.01. The predicted octanol–water partition coefficient (Wildman–Crippen LogP) is 9.63. The molecule has 4 unspecified atom stereocenters. The van der Waals surface area contributed by atoms with Crippen LogP contribution in [-0.2, 0) is 0 Å². The molecule has 5 heterocycles. The van der Waals surface area contributed by atoms with Crippen molar-refractivity contribution in [3.05, 3.63) is 121 Å². The fourth-order valence-electron chi connectivity index (χ4n) is 7.99. The van der Waals surface area contributed by atoms with Crippen LogP contribution >= 0.6 is 11.8 Å². The maximum atomic E-state index is 6.27. The van der Waals surface area contributed by atoms with Gasteiger partial charge in [-0.3, -0.25) is 4.40 Å². The molecule has 4 atom stereocenters. The highest BCUT2D eigenvalue weighted by atomic mass is 32.2. The molecule has 0 spiro atoms. The van der Waals surface area contributed by atoms with Gasteiger partial charge in [0.2, 0.25) is 0 Å². The minimum Gasteiger partial charge on any atom is -0.456 e. The number of thioether (sulfide) groups is 1. The minimum absolute atomic E-state index is 0.220. The van der Waals surface area contributed by atoms with Crippen LogP contribution in [0.5, 0.6) is 0 Å². The maximum Gasteiger partial charge on any atom is 0.136 e. The Morgan fingerprint density at radius 2 is 1.47 bits per heavy atom. The van der Waals surface area contributed by atoms with Crippen LogP contribution in [0, 0.1) is 0 Å². The van der Waals surface area contributed by atoms with Crippen molar-refractivity contribution >= 4 is 72.4 Å². The SMILES string of the molecule is C1=CC2Nc3c(n4c5ccc(-c6ccc7c(c6)oc6ccccc67)cc5c5c6c(cc3c54)SC3C=CC=CC63)NC2C=C1. The Bertz CT molecular complexity index is 2470. The minimum atomic E-state index is 0.220. The van der Waals surface area contributed by atoms with Gasteiger partial charge in [0.25, 0.3) is 0 Å². The normalized spacial score (nSPS) is 23.3. The Morgan fingerprint density at radius 1 is 0.674 bits per heavy atom. The van der Waals surface area contributed by atoms with Gasteiger partial charge in [-0.1, -0.05) is 78.9 Å². The van der Waals surface area contributed by atoms with E-state index in [1.807, 2.05) is 23.9 Å². The van der Waals surface area contributed by atoms with E-state index >= 15 is 0 Å². The molecule has 3 aromatic heterocycles. The molecule has 4 aliphatic rings. The number of rotatable bonds is 1. The van der Waals surface area contributed by atoms with E-state index in [9.17, 15) is 0 Å². The molecule has 4 aromatic carbocycles. The van der Waals surface area contributed by atoms with Crippen molar-refractivity contribution in [1.29, 1.82) is 0 Å². The van der Waals surface area contributed by atoms with Gasteiger partial charge >= 0.3 is 0 Å². The molecule has 2 aliphatic heterocycles. The first-order valence-electron chi connectivity index (χ1n) is 15.0. The van der Waals surface area contributed by atoms with Gasteiger partial charge in [0.1, 0.15) is 17.0 Å². The molecule has 0 amide bonds. The van der Waals surface area contributed by atoms with E-state index in [-0.39, 0.29) is 12.1 Å². The van der Waals surface area contributed by atoms with Crippen LogP contribution in [0.4, 0.5) is 11.5 Å². The van der Waals surface area contributed by atoms with Gasteiger partial charge in [-0.05, 0) is 53.1 Å². The average molecular weight is 572 g/mol. The topological polar surface area (TPSA) is 41.6 Å². The van der Waals surface area contributed by atoms with Gasteiger partial charge in [0, 0.05) is 43.0 Å². The Kier molecular flexibility index (Phi) is 4.19. The second kappa shape index (κ2) is 7.94. The molecule has 0 bridgehead atoms. The van der Waals surface area contributed by atoms with Gasteiger partial charge in [-0.25, -0.2) is 0 Å². The summed E-state index contributed by atoms with van der Waals surface area (Å²) in [5, 5.41) is 14.6. The molecule has 43 heavy (non-hydrogen) atoms. The third-order valence-corrected chi connectivity index (χ3v) is 11.2. The van der Waals surface area contributed by atoms with E-state index in [0.29, 0.717) is 11.2 Å². The molecule has 2 aliphatic carbocycles. The van der Waals surface area contributed by atoms with E-state index in [0.717, 1.165) is 27.8 Å². The van der Waals surface area contributed by atoms with Gasteiger partial charge in [-0.15, -0.1) is 11.8 Å². The van der Waals surface area contributed by atoms with Crippen LogP contribution in [0.1, 0.15) is 11.5 Å². The molecule has 0 radical (unpaired) electrons. The quantitative estimate of drug-likeness (QED) is 0.206. The lowest BCUT2D eigenvalue weighted by atomic mass is 9.88. The summed E-state index contributed by atoms with van der Waals surface area (Å²) in [6.45, 7) is 0. The Balaban J connectivity index is 1.20. The molecular formula is C38H25N3OS. The third-order valence-electron chi connectivity index (χ3n) is 9.90. The third kappa shape index (κ3) is 2.88. The Labute approximate surface area is 251 Å². The molecule has 11 rings (SSSR count). The number of hydrogen-bond donors (Lipinski definition) is 2. The average Bonchev–Trinajstić information content (AvgIpc) is 3.78. The summed E-state index contributed by atoms with van der Waals surface area (Å²) in [7, 11) is 0. The number of furan rings is 1. The lowest BCUT2D eigenvalue weighted by molar-refractivity contribution is 0.669. The van der Waals surface area contributed by atoms with E-state index in [4.69, 9.17) is 4.42 Å². The van der Waals surface area contributed by atoms with Crippen molar-refractivity contribution in [2.24, 2.45) is 0 Å². The monoisotopic (exact) mass is 571 g/mol. The molecule has 7 aromatic rings. The van der Waals surface area contributed by atoms with Crippen molar-refractivity contribution in [3.63, 3.8) is 0 Å². The smallest absolute Gasteiger partial charge is 0.136 e. The first-order chi connectivity index (χ1) is 21.3. The van der Waals surface area contributed by atoms with Crippen LogP contribution in [0.3, 0.4) is 0 Å². The molecular weight excluding hydrogens is 547 g/mol. The molecule has 0 saturated heterocycles. The van der Waals surface area contributed by atoms with Crippen molar-refractivity contribution in [1.82, 2.24) is 4.40 Å². The molecule has 5 heteroatoms. The highest BCUT2D eigenvalue weighted by Gasteiger charge is 2.38. The Morgan fingerprint density at radius 3 is 2.42 bits per heavy atom. The standard InChI is InChI=1S/C38H25N3OS/c1-5-11-30-22(7-1)23-15-13-21(18-31(23)42-30)20-14-16-29-25(17-20)35-34-24-8-2-6-12-32(24)43-33(34)19-26-36-38(41(29)37(26)35)40-28-10-4-3-9-27(28)39-36/h1-19,24,27-28,32,39-40H. The summed E-state index contributed by atoms with van der Waals surface area (Å²) < 4.78 is 8.75. The number of aromatic nitrogens is 1. The van der Waals surface area contributed by atoms with Crippen LogP contribution in [0.25, 0.3) is 60.3 Å². The van der Waals surface area contributed by atoms with Gasteiger partial charge in [0.05, 0.1) is 28.8 Å². The molecule has 0 saturated carbocycles. The second-order valence-corrected chi connectivity index (χ2v) is 13.4. The number of benzene rings is 4. The lowest BCUT2D eigenvalue weighted by Crippen LogP contribution is -2.41. The summed E-state index contributed by atoms with van der Waals surface area (Å²) in [5.74, 6) is 1.54. The number of fused-ring (bicyclic) bond motifs is 14. The first kappa shape index (κ1) is 22.7. The fraction of sp³-hybridized carbons (Fsp3) is 0.105. The predicted molar refractivity (Wildman–Crippen MR) is 180 cm³/mol. The molecule has 204 valence electrons. The highest BCUT2D eigenvalue weighted by Crippen LogP contribution is 2.56. The number of anilines is 2. The lowest BCUT2D eigenvalue weighted by Gasteiger charge is -2.33. The zero-order valence-corrected chi connectivity index (χ0v) is 23.9. The number of nitrogens with one attached hydrogen (secondary N) is 2. The first-order valence-corrected chi connectivity index (χ1v) is 15.9. The van der Waals surface area contributed by atoms with Crippen LogP contribution in [-0.4, -0.2) is 21.7 Å². The summed E-state index contributed by atoms with van der Waals surface area (Å²) in [4.78, 5) is 1.40. The number of para-hydroxylation sites is 1. The number of nitrogens with zero attached hydrogens (tertiary/aromatic N) is 1. The number of allylic oxidation sites excluding steroid dienone is 5. The van der Waals surface area contributed by atoms with Crippen LogP contribution in [0.2, 0.25) is 0 Å². The zero-order valence-electron chi connectivity index (χ0n) is 23.0. The van der Waals surface area contributed by atoms with Gasteiger partial charge in [0.15, 0.2) is 0 Å². The van der Waals surface area contributed by atoms with Crippen molar-refractivity contribution < 1.29 is 4.42 Å². The zero-order chi connectivity index (χ0) is 27.8.